The highest BCUT2D eigenvalue weighted by molar-refractivity contribution is 7.92. The minimum Gasteiger partial charge on any atom is -0.313 e. The maximum absolute atomic E-state index is 13.4. The van der Waals surface area contributed by atoms with Gasteiger partial charge in [0.05, 0.1) is 15.1 Å². The highest BCUT2D eigenvalue weighted by atomic mass is 35.5. The molecule has 6 rings (SSSR count). The minimum absolute atomic E-state index is 0.0800. The molecular weight excluding hydrogens is 572 g/mol. The molecule has 1 aliphatic rings. The summed E-state index contributed by atoms with van der Waals surface area (Å²) < 4.78 is 29.3. The third-order valence-electron chi connectivity index (χ3n) is 6.48. The van der Waals surface area contributed by atoms with Gasteiger partial charge in [-0.25, -0.2) is 13.4 Å². The fourth-order valence-electron chi connectivity index (χ4n) is 4.55. The number of amides is 1. The predicted molar refractivity (Wildman–Crippen MR) is 160 cm³/mol. The molecule has 0 unspecified atom stereocenters. The van der Waals surface area contributed by atoms with Crippen molar-refractivity contribution in [2.45, 2.75) is 17.9 Å². The number of nitrogens with zero attached hydrogens (tertiary/aromatic N) is 2. The summed E-state index contributed by atoms with van der Waals surface area (Å²) >= 11 is 9.09. The average molecular weight is 595 g/mol. The number of carbonyl (C=O) groups is 1. The van der Waals surface area contributed by atoms with Gasteiger partial charge in [-0.05, 0) is 73.6 Å². The van der Waals surface area contributed by atoms with Crippen molar-refractivity contribution in [3.63, 3.8) is 0 Å². The molecule has 11 heteroatoms. The van der Waals surface area contributed by atoms with Gasteiger partial charge in [-0.3, -0.25) is 9.52 Å². The first-order valence-electron chi connectivity index (χ1n) is 12.2. The molecule has 0 saturated heterocycles. The first-order chi connectivity index (χ1) is 18.8. The number of carbonyl (C=O) groups excluding carboxylic acids is 1. The smallest absolute Gasteiger partial charge is 0.261 e. The number of sulfonamides is 1. The largest absolute Gasteiger partial charge is 0.313 e. The van der Waals surface area contributed by atoms with E-state index in [2.05, 4.69) is 28.1 Å². The van der Waals surface area contributed by atoms with Crippen LogP contribution in [0.2, 0.25) is 5.02 Å². The number of aromatic nitrogens is 1. The number of likely N-dealkylation sites (N-methyl/N-ethyl adjacent to an activating group) is 1. The molecule has 0 fully saturated rings. The van der Waals surface area contributed by atoms with E-state index in [1.165, 1.54) is 40.8 Å². The van der Waals surface area contributed by atoms with Crippen molar-refractivity contribution in [3.05, 3.63) is 93.8 Å². The Hall–Kier alpha value is -3.28. The molecule has 0 aliphatic carbocycles. The number of hydrogen-bond acceptors (Lipinski definition) is 7. The van der Waals surface area contributed by atoms with Gasteiger partial charge in [0.1, 0.15) is 10.0 Å². The Morgan fingerprint density at radius 2 is 1.82 bits per heavy atom. The molecule has 5 aromatic rings. The third kappa shape index (κ3) is 5.30. The van der Waals surface area contributed by atoms with E-state index in [-0.39, 0.29) is 16.5 Å². The van der Waals surface area contributed by atoms with Crippen LogP contribution >= 0.6 is 34.3 Å². The SMILES string of the molecule is CN1CCc2c(sc(NC(=O)c3cccc(NS(=O)(=O)c4ccc(Cl)cc4)c3)c2-c2nc3ccccc3s2)C1. The molecule has 0 atom stereocenters. The van der Waals surface area contributed by atoms with E-state index in [9.17, 15) is 13.2 Å². The van der Waals surface area contributed by atoms with Gasteiger partial charge < -0.3 is 10.2 Å². The van der Waals surface area contributed by atoms with Gasteiger partial charge in [0, 0.05) is 39.8 Å². The Morgan fingerprint density at radius 1 is 1.03 bits per heavy atom. The summed E-state index contributed by atoms with van der Waals surface area (Å²) in [4.78, 5) is 21.9. The fourth-order valence-corrected chi connectivity index (χ4v) is 8.16. The molecule has 39 heavy (non-hydrogen) atoms. The molecule has 0 saturated carbocycles. The number of thiazole rings is 1. The zero-order valence-electron chi connectivity index (χ0n) is 20.8. The summed E-state index contributed by atoms with van der Waals surface area (Å²) in [5.74, 6) is -0.322. The maximum Gasteiger partial charge on any atom is 0.261 e. The number of rotatable bonds is 6. The number of para-hydroxylation sites is 1. The van der Waals surface area contributed by atoms with Crippen molar-refractivity contribution in [2.75, 3.05) is 23.6 Å². The van der Waals surface area contributed by atoms with Crippen LogP contribution in [-0.4, -0.2) is 37.8 Å². The highest BCUT2D eigenvalue weighted by Gasteiger charge is 2.27. The van der Waals surface area contributed by atoms with Crippen molar-refractivity contribution >= 4 is 71.1 Å². The Labute approximate surface area is 239 Å². The van der Waals surface area contributed by atoms with Crippen LogP contribution in [0.1, 0.15) is 20.8 Å². The predicted octanol–water partition coefficient (Wildman–Crippen LogP) is 6.72. The van der Waals surface area contributed by atoms with Crippen molar-refractivity contribution < 1.29 is 13.2 Å². The Balaban J connectivity index is 1.31. The summed E-state index contributed by atoms with van der Waals surface area (Å²) in [7, 11) is -1.75. The number of benzene rings is 3. The number of hydrogen-bond donors (Lipinski definition) is 2. The lowest BCUT2D eigenvalue weighted by Crippen LogP contribution is -2.25. The standard InChI is InChI=1S/C28H23ClN4O3S3/c1-33-14-13-21-24(16-33)38-28(25(21)27-30-22-7-2-3-8-23(22)37-27)31-26(34)17-5-4-6-19(15-17)32-39(35,36)20-11-9-18(29)10-12-20/h2-12,15,32H,13-14,16H2,1H3,(H,31,34). The van der Waals surface area contributed by atoms with E-state index in [0.29, 0.717) is 10.6 Å². The van der Waals surface area contributed by atoms with Crippen LogP contribution in [0, 0.1) is 0 Å². The average Bonchev–Trinajstić information content (AvgIpc) is 3.49. The van der Waals surface area contributed by atoms with Crippen LogP contribution in [0.25, 0.3) is 20.8 Å². The zero-order chi connectivity index (χ0) is 27.1. The van der Waals surface area contributed by atoms with Crippen LogP contribution in [0.4, 0.5) is 10.7 Å². The van der Waals surface area contributed by atoms with E-state index < -0.39 is 10.0 Å². The lowest BCUT2D eigenvalue weighted by atomic mass is 10.0. The Bertz CT molecular complexity index is 1780. The van der Waals surface area contributed by atoms with Crippen LogP contribution in [0.5, 0.6) is 0 Å². The first kappa shape index (κ1) is 26.0. The summed E-state index contributed by atoms with van der Waals surface area (Å²) in [5, 5.41) is 5.19. The fraction of sp³-hybridized carbons (Fsp3) is 0.143. The van der Waals surface area contributed by atoms with Crippen molar-refractivity contribution in [3.8, 4) is 10.6 Å². The van der Waals surface area contributed by atoms with Gasteiger partial charge in [-0.2, -0.15) is 0 Å². The van der Waals surface area contributed by atoms with E-state index in [1.807, 2.05) is 18.2 Å². The number of halogens is 1. The summed E-state index contributed by atoms with van der Waals surface area (Å²) in [6, 6.07) is 20.4. The van der Waals surface area contributed by atoms with Gasteiger partial charge in [0.2, 0.25) is 0 Å². The second kappa shape index (κ2) is 10.4. The van der Waals surface area contributed by atoms with E-state index in [4.69, 9.17) is 16.6 Å². The lowest BCUT2D eigenvalue weighted by molar-refractivity contribution is 0.102. The number of thiophene rings is 1. The van der Waals surface area contributed by atoms with E-state index >= 15 is 0 Å². The zero-order valence-corrected chi connectivity index (χ0v) is 24.0. The molecule has 2 aromatic heterocycles. The molecular formula is C28H23ClN4O3S3. The molecule has 198 valence electrons. The third-order valence-corrected chi connectivity index (χ3v) is 10.3. The normalized spacial score (nSPS) is 13.8. The Kier molecular flexibility index (Phi) is 6.90. The van der Waals surface area contributed by atoms with Crippen LogP contribution in [0.15, 0.2) is 77.7 Å². The molecule has 0 bridgehead atoms. The Morgan fingerprint density at radius 3 is 2.62 bits per heavy atom. The maximum atomic E-state index is 13.4. The topological polar surface area (TPSA) is 91.4 Å². The van der Waals surface area contributed by atoms with Gasteiger partial charge >= 0.3 is 0 Å². The van der Waals surface area contributed by atoms with Crippen LogP contribution in [-0.2, 0) is 23.0 Å². The van der Waals surface area contributed by atoms with Gasteiger partial charge in [-0.1, -0.05) is 29.8 Å². The number of fused-ring (bicyclic) bond motifs is 2. The monoisotopic (exact) mass is 594 g/mol. The quantitative estimate of drug-likeness (QED) is 0.228. The van der Waals surface area contributed by atoms with Crippen LogP contribution in [0.3, 0.4) is 0 Å². The van der Waals surface area contributed by atoms with E-state index in [1.54, 1.807) is 40.9 Å². The van der Waals surface area contributed by atoms with Crippen molar-refractivity contribution in [1.29, 1.82) is 0 Å². The lowest BCUT2D eigenvalue weighted by Gasteiger charge is -2.22. The first-order valence-corrected chi connectivity index (χ1v) is 15.6. The van der Waals surface area contributed by atoms with Gasteiger partial charge in [0.25, 0.3) is 15.9 Å². The molecule has 0 radical (unpaired) electrons. The number of anilines is 2. The summed E-state index contributed by atoms with van der Waals surface area (Å²) in [5.41, 5.74) is 3.78. The van der Waals surface area contributed by atoms with Gasteiger partial charge in [0.15, 0.2) is 0 Å². The molecule has 2 N–H and O–H groups in total. The second-order valence-corrected chi connectivity index (χ2v) is 13.5. The molecule has 1 amide bonds. The molecule has 7 nitrogen and oxygen atoms in total. The highest BCUT2D eigenvalue weighted by Crippen LogP contribution is 2.45. The minimum atomic E-state index is -3.84. The molecule has 1 aliphatic heterocycles. The molecule has 0 spiro atoms. The molecule has 3 aromatic carbocycles. The van der Waals surface area contributed by atoms with E-state index in [0.717, 1.165) is 45.3 Å². The number of nitrogens with one attached hydrogen (secondary N) is 2. The molecule has 3 heterocycles. The summed E-state index contributed by atoms with van der Waals surface area (Å²) in [6.07, 6.45) is 0.880. The van der Waals surface area contributed by atoms with Crippen molar-refractivity contribution in [2.24, 2.45) is 0 Å². The van der Waals surface area contributed by atoms with Crippen molar-refractivity contribution in [1.82, 2.24) is 9.88 Å². The van der Waals surface area contributed by atoms with Gasteiger partial charge in [-0.15, -0.1) is 22.7 Å². The summed E-state index contributed by atoms with van der Waals surface area (Å²) in [6.45, 7) is 1.75. The van der Waals surface area contributed by atoms with Crippen LogP contribution < -0.4 is 10.0 Å². The second-order valence-electron chi connectivity index (χ2n) is 9.28.